The molecule has 0 bridgehead atoms. The molecule has 4 aromatic heterocycles. The van der Waals surface area contributed by atoms with Gasteiger partial charge in [-0.05, 0) is 81.6 Å². The van der Waals surface area contributed by atoms with Gasteiger partial charge in [0.15, 0.2) is 18.9 Å². The number of rotatable bonds is 23. The fourth-order valence-corrected chi connectivity index (χ4v) is 11.6. The second-order valence-corrected chi connectivity index (χ2v) is 23.0. The second-order valence-electron chi connectivity index (χ2n) is 23.0. The first kappa shape index (κ1) is 61.8. The number of nitrogens with two attached hydrogens (primary N) is 6. The summed E-state index contributed by atoms with van der Waals surface area (Å²) in [5.41, 5.74) is 43.3. The van der Waals surface area contributed by atoms with Gasteiger partial charge >= 0.3 is 0 Å². The molecule has 1 aliphatic carbocycles. The van der Waals surface area contributed by atoms with Crippen molar-refractivity contribution in [2.24, 2.45) is 34.4 Å². The zero-order valence-corrected chi connectivity index (χ0v) is 47.7. The summed E-state index contributed by atoms with van der Waals surface area (Å²) in [4.78, 5) is 13.1. The maximum atomic E-state index is 12.0. The van der Waals surface area contributed by atoms with Crippen LogP contribution in [0.25, 0.3) is 22.4 Å². The van der Waals surface area contributed by atoms with Crippen LogP contribution in [0.1, 0.15) is 36.3 Å². The molecule has 11 rings (SSSR count). The summed E-state index contributed by atoms with van der Waals surface area (Å²) in [7, 11) is 2.16. The quantitative estimate of drug-likeness (QED) is 0.0267. The maximum absolute atomic E-state index is 12.0. The summed E-state index contributed by atoms with van der Waals surface area (Å²) in [5.74, 6) is 1.50. The Morgan fingerprint density at radius 3 is 1.78 bits per heavy atom. The molecule has 5 aliphatic rings. The lowest BCUT2D eigenvalue weighted by Gasteiger charge is -2.47. The Morgan fingerprint density at radius 1 is 0.593 bits per heavy atom. The average molecular weight is 1200 g/mol. The molecule has 1 saturated carbocycles. The van der Waals surface area contributed by atoms with Crippen molar-refractivity contribution in [3.8, 4) is 17.1 Å². The Morgan fingerprint density at radius 2 is 1.15 bits per heavy atom. The smallest absolute Gasteiger partial charge is 0.187 e. The lowest BCUT2D eigenvalue weighted by atomic mass is 9.84. The second kappa shape index (κ2) is 27.3. The number of aliphatic hydroxyl groups excluding tert-OH is 6. The van der Waals surface area contributed by atoms with Crippen LogP contribution in [0, 0.1) is 0 Å². The average Bonchev–Trinajstić information content (AvgIpc) is 2.01. The van der Waals surface area contributed by atoms with Gasteiger partial charge in [0.2, 0.25) is 0 Å². The SMILES string of the molecule is CN1CCN(c2ccc3nc(-c4ccc(OCc5cn(CCn6cc(CCCCc7cn(CC8OC(OC9[C@H](O[C@@H]%10OC(CN)[C@@H](O)[C@H](O)C%10N)C(N)C[C@@H](N)[C@H]9O)[C@@H](O)[C@H]8O[C@H]8O[C@@H](CN)[C@@H](O)C(O)C8N)nn7)nn6)nn5)cc4)[nH]c3c2)CC1. The number of piperazine rings is 1. The van der Waals surface area contributed by atoms with Crippen LogP contribution >= 0.6 is 0 Å². The van der Waals surface area contributed by atoms with E-state index in [-0.39, 0.29) is 32.7 Å². The molecule has 0 spiro atoms. The number of imidazole rings is 1. The van der Waals surface area contributed by atoms with E-state index in [0.29, 0.717) is 43.1 Å². The number of aromatic nitrogens is 11. The van der Waals surface area contributed by atoms with E-state index >= 15 is 0 Å². The van der Waals surface area contributed by atoms with Gasteiger partial charge in [-0.15, -0.1) is 15.3 Å². The molecule has 8 unspecified atom stereocenters. The van der Waals surface area contributed by atoms with Gasteiger partial charge in [0.05, 0.1) is 66.4 Å². The van der Waals surface area contributed by atoms with E-state index in [0.717, 1.165) is 67.1 Å². The van der Waals surface area contributed by atoms with Crippen molar-refractivity contribution < 1.29 is 63.8 Å². The zero-order chi connectivity index (χ0) is 60.3. The van der Waals surface area contributed by atoms with Crippen LogP contribution in [0.5, 0.6) is 5.75 Å². The number of ether oxygens (including phenoxy) is 7. The van der Waals surface area contributed by atoms with Gasteiger partial charge in [-0.3, -0.25) is 9.36 Å². The molecule has 2 aromatic carbocycles. The highest BCUT2D eigenvalue weighted by molar-refractivity contribution is 5.83. The number of likely N-dealkylation sites (N-methyl/N-ethyl adjacent to an activating group) is 1. The Balaban J connectivity index is 0.651. The Bertz CT molecular complexity index is 3110. The molecule has 8 heterocycles. The number of anilines is 1. The van der Waals surface area contributed by atoms with Gasteiger partial charge in [-0.1, -0.05) is 15.6 Å². The van der Waals surface area contributed by atoms with Crippen LogP contribution in [-0.2, 0) is 67.5 Å². The number of hydrogen-bond donors (Lipinski definition) is 13. The van der Waals surface area contributed by atoms with Crippen LogP contribution in [0.15, 0.2) is 61.1 Å². The first-order valence-electron chi connectivity index (χ1n) is 29.3. The number of benzene rings is 2. The zero-order valence-electron chi connectivity index (χ0n) is 47.7. The predicted molar refractivity (Wildman–Crippen MR) is 304 cm³/mol. The molecule has 0 amide bonds. The molecule has 86 heavy (non-hydrogen) atoms. The summed E-state index contributed by atoms with van der Waals surface area (Å²) < 4.78 is 47.9. The fraction of sp³-hybridized carbons (Fsp3) is 0.648. The van der Waals surface area contributed by atoms with E-state index in [4.69, 9.17) is 72.5 Å². The minimum atomic E-state index is -1.62. The van der Waals surface area contributed by atoms with Crippen molar-refractivity contribution in [2.45, 2.75) is 175 Å². The standard InChI is InChI=1S/C54H81N19O13/c1-69-12-14-70(15-13-69)31-8-11-35-36(18-31)62-51(61-35)27-6-9-32(10-7-27)80-26-30-24-72(67-65-30)17-16-71-22-28(63-66-71)4-2-3-5-29-23-73(68-64-29)25-39-49(85-53-41(60)46(78)44(76)38(21-56)82-53)47(79)54(83-39)86-50-42(74)33(57)19-34(58)48(50)84-52-40(59)45(77)43(75)37(20-55)81-52/h6-11,18,22-24,33-34,37-50,52-54,74-79H,2-5,12-17,19-21,25-26,55-60H2,1H3,(H,61,62)/t33-,34?,37?,38+,39?,40?,41?,42-,43-,44-,45-,46?,47+,48-,49+,50?,52+,53-,54?/m1/s1. The van der Waals surface area contributed by atoms with Crippen molar-refractivity contribution in [1.82, 2.24) is 59.8 Å². The van der Waals surface area contributed by atoms with Crippen LogP contribution in [0.2, 0.25) is 0 Å². The van der Waals surface area contributed by atoms with Crippen LogP contribution < -0.4 is 44.0 Å². The molecule has 4 aliphatic heterocycles. The number of aliphatic hydroxyl groups is 6. The van der Waals surface area contributed by atoms with Gasteiger partial charge in [-0.25, -0.2) is 9.67 Å². The molecular weight excluding hydrogens is 1120 g/mol. The van der Waals surface area contributed by atoms with Crippen molar-refractivity contribution >= 4 is 16.7 Å². The minimum Gasteiger partial charge on any atom is -0.487 e. The van der Waals surface area contributed by atoms with E-state index in [1.807, 2.05) is 36.7 Å². The number of nitrogens with zero attached hydrogens (tertiary/aromatic N) is 12. The Hall–Kier alpha value is -5.83. The molecule has 32 heteroatoms. The monoisotopic (exact) mass is 1200 g/mol. The molecule has 0 radical (unpaired) electrons. The topological polar surface area (TPSA) is 469 Å². The first-order chi connectivity index (χ1) is 41.5. The third-order valence-corrected chi connectivity index (χ3v) is 16.8. The molecule has 4 saturated heterocycles. The van der Waals surface area contributed by atoms with E-state index in [1.165, 1.54) is 10.4 Å². The summed E-state index contributed by atoms with van der Waals surface area (Å²) in [6.07, 6.45) is -11.8. The van der Waals surface area contributed by atoms with Gasteiger partial charge in [-0.2, -0.15) is 0 Å². The molecule has 32 nitrogen and oxygen atoms in total. The third-order valence-electron chi connectivity index (χ3n) is 16.8. The van der Waals surface area contributed by atoms with Gasteiger partial charge < -0.3 is 113 Å². The normalized spacial score (nSPS) is 33.7. The Labute approximate surface area is 494 Å². The number of aromatic amines is 1. The molecule has 19 N–H and O–H groups in total. The first-order valence-corrected chi connectivity index (χ1v) is 29.3. The van der Waals surface area contributed by atoms with Crippen LogP contribution in [0.4, 0.5) is 5.69 Å². The van der Waals surface area contributed by atoms with Gasteiger partial charge in [0.1, 0.15) is 91.0 Å². The number of nitrogens with one attached hydrogen (secondary N) is 1. The highest BCUT2D eigenvalue weighted by Gasteiger charge is 2.55. The number of hydrogen-bond acceptors (Lipinski definition) is 28. The van der Waals surface area contributed by atoms with Crippen molar-refractivity contribution in [2.75, 3.05) is 51.2 Å². The summed E-state index contributed by atoms with van der Waals surface area (Å²) in [6.45, 7) is 4.99. The molecule has 5 fully saturated rings. The predicted octanol–water partition coefficient (Wildman–Crippen LogP) is -5.27. The van der Waals surface area contributed by atoms with Crippen LogP contribution in [0.3, 0.4) is 0 Å². The minimum absolute atomic E-state index is 0.0501. The van der Waals surface area contributed by atoms with Crippen molar-refractivity contribution in [3.05, 3.63) is 78.1 Å². The van der Waals surface area contributed by atoms with Crippen molar-refractivity contribution in [1.29, 1.82) is 0 Å². The number of unbranched alkanes of at least 4 members (excludes halogenated alkanes) is 1. The van der Waals surface area contributed by atoms with Crippen LogP contribution in [-0.4, -0.2) is 253 Å². The summed E-state index contributed by atoms with van der Waals surface area (Å²) >= 11 is 0. The molecular formula is C54H81N19O13. The number of fused-ring (bicyclic) bond motifs is 1. The molecule has 6 aromatic rings. The van der Waals surface area contributed by atoms with Crippen molar-refractivity contribution in [3.63, 3.8) is 0 Å². The number of aryl methyl sites for hydroxylation is 4. The Kier molecular flexibility index (Phi) is 19.6. The number of H-pyrrole nitrogens is 1. The highest BCUT2D eigenvalue weighted by atomic mass is 16.8. The molecule has 19 atom stereocenters. The van der Waals surface area contributed by atoms with E-state index in [2.05, 4.69) is 71.0 Å². The largest absolute Gasteiger partial charge is 0.487 e. The highest BCUT2D eigenvalue weighted by Crippen LogP contribution is 2.36. The third kappa shape index (κ3) is 13.9. The summed E-state index contributed by atoms with van der Waals surface area (Å²) in [5, 5.41) is 91.9. The van der Waals surface area contributed by atoms with Gasteiger partial charge in [0, 0.05) is 75.0 Å². The van der Waals surface area contributed by atoms with E-state index in [1.54, 1.807) is 15.6 Å². The lowest BCUT2D eigenvalue weighted by Crippen LogP contribution is -2.68. The molecule has 470 valence electrons. The fourth-order valence-electron chi connectivity index (χ4n) is 11.6. The maximum Gasteiger partial charge on any atom is 0.187 e. The lowest BCUT2D eigenvalue weighted by molar-refractivity contribution is -0.306. The van der Waals surface area contributed by atoms with E-state index in [9.17, 15) is 30.6 Å². The summed E-state index contributed by atoms with van der Waals surface area (Å²) in [6, 6.07) is 9.88. The van der Waals surface area contributed by atoms with E-state index < -0.39 is 116 Å². The van der Waals surface area contributed by atoms with Gasteiger partial charge in [0.25, 0.3) is 0 Å².